The van der Waals surface area contributed by atoms with Gasteiger partial charge in [-0.1, -0.05) is 0 Å². The summed E-state index contributed by atoms with van der Waals surface area (Å²) in [5, 5.41) is 12.9. The Kier molecular flexibility index (Phi) is 1.94. The quantitative estimate of drug-likeness (QED) is 0.555. The zero-order valence-electron chi connectivity index (χ0n) is 7.06. The molecule has 1 heterocycles. The van der Waals surface area contributed by atoms with Crippen LogP contribution in [0, 0.1) is 10.1 Å². The van der Waals surface area contributed by atoms with Crippen LogP contribution in [0.15, 0.2) is 6.07 Å². The SMILES string of the molecule is O=[N+]([O-])n1nc(C(F)F)cc1C1CC1. The van der Waals surface area contributed by atoms with Crippen molar-refractivity contribution in [2.24, 2.45) is 0 Å². The van der Waals surface area contributed by atoms with Gasteiger partial charge < -0.3 is 10.1 Å². The first-order valence-corrected chi connectivity index (χ1v) is 4.12. The predicted octanol–water partition coefficient (Wildman–Crippen LogP) is 1.74. The van der Waals surface area contributed by atoms with E-state index in [0.717, 1.165) is 18.9 Å². The molecule has 1 aromatic rings. The Labute approximate surface area is 77.4 Å². The van der Waals surface area contributed by atoms with E-state index in [1.165, 1.54) is 0 Å². The molecule has 0 amide bonds. The minimum absolute atomic E-state index is 0.0281. The molecular weight excluding hydrogens is 196 g/mol. The molecule has 1 aliphatic rings. The van der Waals surface area contributed by atoms with Gasteiger partial charge >= 0.3 is 6.43 Å². The molecule has 1 aliphatic carbocycles. The highest BCUT2D eigenvalue weighted by atomic mass is 19.3. The number of aromatic nitrogens is 2. The number of halogens is 2. The lowest BCUT2D eigenvalue weighted by Crippen LogP contribution is -2.13. The van der Waals surface area contributed by atoms with Crippen molar-refractivity contribution >= 4 is 0 Å². The van der Waals surface area contributed by atoms with Crippen LogP contribution in [0.4, 0.5) is 8.78 Å². The second-order valence-corrected chi connectivity index (χ2v) is 3.20. The van der Waals surface area contributed by atoms with Gasteiger partial charge in [-0.2, -0.15) is 0 Å². The summed E-state index contributed by atoms with van der Waals surface area (Å²) in [6.07, 6.45) is -1.14. The van der Waals surface area contributed by atoms with Gasteiger partial charge in [0.15, 0.2) is 0 Å². The fourth-order valence-corrected chi connectivity index (χ4v) is 1.30. The lowest BCUT2D eigenvalue weighted by atomic mass is 10.3. The molecule has 1 aromatic heterocycles. The van der Waals surface area contributed by atoms with E-state index in [1.54, 1.807) is 0 Å². The molecule has 14 heavy (non-hydrogen) atoms. The smallest absolute Gasteiger partial charge is 0.305 e. The van der Waals surface area contributed by atoms with Crippen LogP contribution in [0.1, 0.15) is 36.6 Å². The zero-order valence-corrected chi connectivity index (χ0v) is 7.06. The molecule has 0 saturated heterocycles. The zero-order chi connectivity index (χ0) is 10.3. The number of nitrogens with zero attached hydrogens (tertiary/aromatic N) is 3. The predicted molar refractivity (Wildman–Crippen MR) is 41.6 cm³/mol. The van der Waals surface area contributed by atoms with Crippen molar-refractivity contribution < 1.29 is 13.8 Å². The van der Waals surface area contributed by atoms with E-state index in [1.807, 2.05) is 0 Å². The summed E-state index contributed by atoms with van der Waals surface area (Å²) in [7, 11) is 0. The third-order valence-corrected chi connectivity index (χ3v) is 2.11. The molecule has 0 unspecified atom stereocenters. The summed E-state index contributed by atoms with van der Waals surface area (Å²) in [4.78, 5) is 10.9. The number of rotatable bonds is 3. The van der Waals surface area contributed by atoms with Gasteiger partial charge in [-0.25, -0.2) is 8.78 Å². The maximum Gasteiger partial charge on any atom is 0.305 e. The van der Waals surface area contributed by atoms with Gasteiger partial charge in [0, 0.05) is 16.8 Å². The summed E-state index contributed by atoms with van der Waals surface area (Å²) in [5.74, 6) is 0.0281. The van der Waals surface area contributed by atoms with Crippen LogP contribution in [0.25, 0.3) is 0 Å². The largest absolute Gasteiger partial charge is 0.339 e. The van der Waals surface area contributed by atoms with Crippen molar-refractivity contribution in [1.82, 2.24) is 9.89 Å². The topological polar surface area (TPSA) is 61.0 Å². The lowest BCUT2D eigenvalue weighted by Gasteiger charge is -1.95. The number of hydrogen-bond donors (Lipinski definition) is 0. The van der Waals surface area contributed by atoms with Crippen LogP contribution < -0.4 is 0 Å². The minimum Gasteiger partial charge on any atom is -0.339 e. The van der Waals surface area contributed by atoms with Crippen LogP contribution in [-0.4, -0.2) is 14.9 Å². The Balaban J connectivity index is 2.40. The second-order valence-electron chi connectivity index (χ2n) is 3.20. The number of alkyl halides is 2. The number of nitro groups is 1. The fourth-order valence-electron chi connectivity index (χ4n) is 1.30. The Morgan fingerprint density at radius 3 is 2.71 bits per heavy atom. The van der Waals surface area contributed by atoms with E-state index in [4.69, 9.17) is 0 Å². The normalized spacial score (nSPS) is 16.2. The molecule has 0 bridgehead atoms. The third kappa shape index (κ3) is 1.45. The molecule has 1 fully saturated rings. The monoisotopic (exact) mass is 203 g/mol. The molecule has 0 spiro atoms. The van der Waals surface area contributed by atoms with E-state index < -0.39 is 17.2 Å². The first-order chi connectivity index (χ1) is 6.59. The molecule has 1 saturated carbocycles. The lowest BCUT2D eigenvalue weighted by molar-refractivity contribution is -0.554. The van der Waals surface area contributed by atoms with Crippen LogP contribution in [0.3, 0.4) is 0 Å². The first-order valence-electron chi connectivity index (χ1n) is 4.12. The van der Waals surface area contributed by atoms with Gasteiger partial charge in [-0.05, 0) is 12.8 Å². The van der Waals surface area contributed by atoms with Crippen LogP contribution in [0.5, 0.6) is 0 Å². The molecular formula is C7H7F2N3O2. The van der Waals surface area contributed by atoms with Crippen LogP contribution >= 0.6 is 0 Å². The van der Waals surface area contributed by atoms with Gasteiger partial charge in [0.25, 0.3) is 0 Å². The first kappa shape index (κ1) is 9.04. The minimum atomic E-state index is -2.76. The summed E-state index contributed by atoms with van der Waals surface area (Å²) in [6, 6.07) is 1.12. The average molecular weight is 203 g/mol. The Morgan fingerprint density at radius 2 is 2.29 bits per heavy atom. The highest BCUT2D eigenvalue weighted by Gasteiger charge is 2.34. The Hall–Kier alpha value is -1.53. The summed E-state index contributed by atoms with van der Waals surface area (Å²) < 4.78 is 24.4. The molecule has 0 aliphatic heterocycles. The van der Waals surface area contributed by atoms with Crippen molar-refractivity contribution in [3.8, 4) is 0 Å². The molecule has 76 valence electrons. The van der Waals surface area contributed by atoms with E-state index in [0.29, 0.717) is 4.79 Å². The van der Waals surface area contributed by atoms with Gasteiger partial charge in [0.05, 0.1) is 10.1 Å². The highest BCUT2D eigenvalue weighted by Crippen LogP contribution is 2.40. The van der Waals surface area contributed by atoms with Crippen LogP contribution in [0.2, 0.25) is 0 Å². The van der Waals surface area contributed by atoms with Gasteiger partial charge in [0.1, 0.15) is 5.69 Å². The molecule has 0 N–H and O–H groups in total. The Bertz CT molecular complexity index is 373. The molecule has 0 radical (unpaired) electrons. The van der Waals surface area contributed by atoms with Gasteiger partial charge in [-0.15, -0.1) is 0 Å². The van der Waals surface area contributed by atoms with E-state index >= 15 is 0 Å². The van der Waals surface area contributed by atoms with Gasteiger partial charge in [-0.3, -0.25) is 0 Å². The summed E-state index contributed by atoms with van der Waals surface area (Å²) in [5.41, 5.74) is -0.242. The molecule has 2 rings (SSSR count). The van der Waals surface area contributed by atoms with E-state index in [-0.39, 0.29) is 11.6 Å². The molecule has 7 heteroatoms. The molecule has 5 nitrogen and oxygen atoms in total. The molecule has 0 atom stereocenters. The van der Waals surface area contributed by atoms with Crippen molar-refractivity contribution in [1.29, 1.82) is 0 Å². The number of hydrogen-bond acceptors (Lipinski definition) is 3. The van der Waals surface area contributed by atoms with Crippen LogP contribution in [-0.2, 0) is 0 Å². The third-order valence-electron chi connectivity index (χ3n) is 2.11. The molecule has 0 aromatic carbocycles. The maximum absolute atomic E-state index is 12.2. The summed E-state index contributed by atoms with van der Waals surface area (Å²) in [6.45, 7) is 0. The summed E-state index contributed by atoms with van der Waals surface area (Å²) >= 11 is 0. The average Bonchev–Trinajstić information content (AvgIpc) is 2.83. The van der Waals surface area contributed by atoms with Gasteiger partial charge in [0.2, 0.25) is 5.69 Å². The highest BCUT2D eigenvalue weighted by molar-refractivity contribution is 5.18. The fraction of sp³-hybridized carbons (Fsp3) is 0.571. The second kappa shape index (κ2) is 3.00. The van der Waals surface area contributed by atoms with E-state index in [2.05, 4.69) is 5.10 Å². The van der Waals surface area contributed by atoms with Crippen molar-refractivity contribution in [2.75, 3.05) is 0 Å². The van der Waals surface area contributed by atoms with Crippen molar-refractivity contribution in [3.63, 3.8) is 0 Å². The van der Waals surface area contributed by atoms with Crippen molar-refractivity contribution in [3.05, 3.63) is 27.6 Å². The Morgan fingerprint density at radius 1 is 1.64 bits per heavy atom. The maximum atomic E-state index is 12.2. The van der Waals surface area contributed by atoms with E-state index in [9.17, 15) is 18.9 Å². The van der Waals surface area contributed by atoms with Crippen molar-refractivity contribution in [2.45, 2.75) is 25.2 Å². The standard InChI is InChI=1S/C7H7F2N3O2/c8-7(9)5-3-6(4-1-2-4)11(10-5)12(13)14/h3-4,7H,1-2H2.